The van der Waals surface area contributed by atoms with E-state index in [1.165, 1.54) is 173 Å². The van der Waals surface area contributed by atoms with Crippen molar-refractivity contribution < 1.29 is 28.6 Å². The topological polar surface area (TPSA) is 78.9 Å². The minimum absolute atomic E-state index is 0.0639. The normalized spacial score (nSPS) is 12.5. The fourth-order valence-corrected chi connectivity index (χ4v) is 7.78. The quantitative estimate of drug-likeness (QED) is 0.0346. The maximum absolute atomic E-state index is 12.7. The molecule has 6 nitrogen and oxygen atoms in total. The Labute approximate surface area is 361 Å². The lowest BCUT2D eigenvalue weighted by Gasteiger charge is -2.18. The second-order valence-corrected chi connectivity index (χ2v) is 18.5. The predicted molar refractivity (Wildman–Crippen MR) is 247 cm³/mol. The van der Waals surface area contributed by atoms with E-state index in [0.29, 0.717) is 19.3 Å². The number of carbonyl (C=O) groups excluding carboxylic acids is 3. The van der Waals surface area contributed by atoms with Gasteiger partial charge >= 0.3 is 17.9 Å². The van der Waals surface area contributed by atoms with Crippen LogP contribution in [0.1, 0.15) is 285 Å². The zero-order chi connectivity index (χ0) is 42.6. The standard InChI is InChI=1S/C52H100O6/c1-6-8-9-10-11-12-22-29-34-39-44-52(55)58-49(46-57-51(54)43-38-33-28-24-19-20-25-30-35-40-47(3)4)45-56-50(53)42-37-32-27-23-18-16-14-13-15-17-21-26-31-36-41-48(5)7-2/h47-49H,6-46H2,1-5H3/t48?,49-/m1/s1. The Bertz CT molecular complexity index is 887. The van der Waals surface area contributed by atoms with Gasteiger partial charge in [0.1, 0.15) is 13.2 Å². The van der Waals surface area contributed by atoms with Crippen LogP contribution < -0.4 is 0 Å². The molecule has 58 heavy (non-hydrogen) atoms. The molecule has 0 aromatic rings. The Hall–Kier alpha value is -1.59. The zero-order valence-corrected chi connectivity index (χ0v) is 39.7. The number of carbonyl (C=O) groups is 3. The van der Waals surface area contributed by atoms with E-state index in [-0.39, 0.29) is 31.1 Å². The number of esters is 3. The summed E-state index contributed by atoms with van der Waals surface area (Å²) in [4.78, 5) is 37.9. The van der Waals surface area contributed by atoms with Gasteiger partial charge in [0.2, 0.25) is 0 Å². The highest BCUT2D eigenvalue weighted by Gasteiger charge is 2.19. The first kappa shape index (κ1) is 56.4. The van der Waals surface area contributed by atoms with Crippen LogP contribution in [0.15, 0.2) is 0 Å². The monoisotopic (exact) mass is 821 g/mol. The smallest absolute Gasteiger partial charge is 0.306 e. The van der Waals surface area contributed by atoms with Crippen molar-refractivity contribution in [2.45, 2.75) is 291 Å². The second-order valence-electron chi connectivity index (χ2n) is 18.5. The maximum Gasteiger partial charge on any atom is 0.306 e. The molecule has 1 unspecified atom stereocenters. The summed E-state index contributed by atoms with van der Waals surface area (Å²) < 4.78 is 16.8. The SMILES string of the molecule is CCCCCCCCCCCCC(=O)O[C@H](COC(=O)CCCCCCCCCCCCCCCCC(C)CC)COC(=O)CCCCCCCCCCCC(C)C. The summed E-state index contributed by atoms with van der Waals surface area (Å²) >= 11 is 0. The zero-order valence-electron chi connectivity index (χ0n) is 39.7. The molecular formula is C52H100O6. The fraction of sp³-hybridized carbons (Fsp3) is 0.942. The first-order valence-electron chi connectivity index (χ1n) is 25.8. The van der Waals surface area contributed by atoms with E-state index >= 15 is 0 Å². The Balaban J connectivity index is 4.25. The minimum Gasteiger partial charge on any atom is -0.462 e. The second kappa shape index (κ2) is 44.9. The molecule has 6 heteroatoms. The van der Waals surface area contributed by atoms with Crippen molar-refractivity contribution >= 4 is 17.9 Å². The van der Waals surface area contributed by atoms with Gasteiger partial charge < -0.3 is 14.2 Å². The molecule has 0 aliphatic carbocycles. The maximum atomic E-state index is 12.7. The number of unbranched alkanes of at least 4 members (excludes halogenated alkanes) is 30. The highest BCUT2D eigenvalue weighted by Crippen LogP contribution is 2.18. The van der Waals surface area contributed by atoms with Gasteiger partial charge in [0.15, 0.2) is 6.10 Å². The van der Waals surface area contributed by atoms with Crippen molar-refractivity contribution in [2.24, 2.45) is 11.8 Å². The van der Waals surface area contributed by atoms with Crippen LogP contribution in [0.25, 0.3) is 0 Å². The summed E-state index contributed by atoms with van der Waals surface area (Å²) in [7, 11) is 0. The van der Waals surface area contributed by atoms with E-state index in [0.717, 1.165) is 69.6 Å². The van der Waals surface area contributed by atoms with Crippen LogP contribution in [0.3, 0.4) is 0 Å². The average Bonchev–Trinajstić information content (AvgIpc) is 3.21. The molecule has 0 saturated carbocycles. The van der Waals surface area contributed by atoms with Gasteiger partial charge in [-0.15, -0.1) is 0 Å². The lowest BCUT2D eigenvalue weighted by molar-refractivity contribution is -0.167. The molecule has 0 spiro atoms. The van der Waals surface area contributed by atoms with Crippen LogP contribution in [0.2, 0.25) is 0 Å². The number of hydrogen-bond acceptors (Lipinski definition) is 6. The van der Waals surface area contributed by atoms with E-state index in [1.807, 2.05) is 0 Å². The van der Waals surface area contributed by atoms with Crippen molar-refractivity contribution in [3.05, 3.63) is 0 Å². The van der Waals surface area contributed by atoms with Gasteiger partial charge in [-0.25, -0.2) is 0 Å². The Morgan fingerprint density at radius 2 is 0.655 bits per heavy atom. The molecule has 0 radical (unpaired) electrons. The van der Waals surface area contributed by atoms with Gasteiger partial charge in [0, 0.05) is 19.3 Å². The van der Waals surface area contributed by atoms with Crippen LogP contribution in [0, 0.1) is 11.8 Å². The third-order valence-corrected chi connectivity index (χ3v) is 12.1. The summed E-state index contributed by atoms with van der Waals surface area (Å²) in [6, 6.07) is 0. The summed E-state index contributed by atoms with van der Waals surface area (Å²) in [6.07, 6.45) is 45.1. The van der Waals surface area contributed by atoms with Crippen molar-refractivity contribution in [1.82, 2.24) is 0 Å². The van der Waals surface area contributed by atoms with Crippen molar-refractivity contribution in [3.63, 3.8) is 0 Å². The van der Waals surface area contributed by atoms with Crippen molar-refractivity contribution in [3.8, 4) is 0 Å². The van der Waals surface area contributed by atoms with Gasteiger partial charge in [-0.3, -0.25) is 14.4 Å². The molecule has 2 atom stereocenters. The number of ether oxygens (including phenoxy) is 3. The van der Waals surface area contributed by atoms with Crippen LogP contribution >= 0.6 is 0 Å². The van der Waals surface area contributed by atoms with Gasteiger partial charge in [-0.05, 0) is 31.1 Å². The predicted octanol–water partition coefficient (Wildman–Crippen LogP) is 16.5. The number of hydrogen-bond donors (Lipinski definition) is 0. The van der Waals surface area contributed by atoms with E-state index in [2.05, 4.69) is 34.6 Å². The molecule has 0 saturated heterocycles. The average molecular weight is 821 g/mol. The molecule has 0 N–H and O–H groups in total. The summed E-state index contributed by atoms with van der Waals surface area (Å²) in [5.41, 5.74) is 0. The largest absolute Gasteiger partial charge is 0.462 e. The van der Waals surface area contributed by atoms with Gasteiger partial charge in [-0.2, -0.15) is 0 Å². The number of rotatable bonds is 46. The van der Waals surface area contributed by atoms with Crippen LogP contribution in [0.5, 0.6) is 0 Å². The first-order chi connectivity index (χ1) is 28.3. The molecule has 0 aliphatic rings. The molecule has 0 amide bonds. The van der Waals surface area contributed by atoms with Gasteiger partial charge in [0.05, 0.1) is 0 Å². The van der Waals surface area contributed by atoms with E-state index in [4.69, 9.17) is 14.2 Å². The molecule has 0 aromatic heterocycles. The van der Waals surface area contributed by atoms with Crippen molar-refractivity contribution in [1.29, 1.82) is 0 Å². The van der Waals surface area contributed by atoms with Crippen molar-refractivity contribution in [2.75, 3.05) is 13.2 Å². The minimum atomic E-state index is -0.761. The molecule has 0 aliphatic heterocycles. The van der Waals surface area contributed by atoms with Gasteiger partial charge in [-0.1, -0.05) is 247 Å². The summed E-state index contributed by atoms with van der Waals surface area (Å²) in [5, 5.41) is 0. The molecule has 0 heterocycles. The molecule has 0 bridgehead atoms. The molecular weight excluding hydrogens is 721 g/mol. The summed E-state index contributed by atoms with van der Waals surface area (Å²) in [6.45, 7) is 11.4. The molecule has 344 valence electrons. The first-order valence-corrected chi connectivity index (χ1v) is 25.8. The lowest BCUT2D eigenvalue weighted by Crippen LogP contribution is -2.30. The van der Waals surface area contributed by atoms with Gasteiger partial charge in [0.25, 0.3) is 0 Å². The van der Waals surface area contributed by atoms with Crippen LogP contribution in [0.4, 0.5) is 0 Å². The molecule has 0 fully saturated rings. The highest BCUT2D eigenvalue weighted by atomic mass is 16.6. The van der Waals surface area contributed by atoms with E-state index < -0.39 is 6.10 Å². The van der Waals surface area contributed by atoms with Crippen LogP contribution in [-0.2, 0) is 28.6 Å². The lowest BCUT2D eigenvalue weighted by atomic mass is 9.99. The Kier molecular flexibility index (Phi) is 43.7. The van der Waals surface area contributed by atoms with Crippen LogP contribution in [-0.4, -0.2) is 37.2 Å². The molecule has 0 aromatic carbocycles. The molecule has 0 rings (SSSR count). The van der Waals surface area contributed by atoms with E-state index in [9.17, 15) is 14.4 Å². The third-order valence-electron chi connectivity index (χ3n) is 12.1. The Morgan fingerprint density at radius 3 is 0.983 bits per heavy atom. The Morgan fingerprint density at radius 1 is 0.362 bits per heavy atom. The van der Waals surface area contributed by atoms with E-state index in [1.54, 1.807) is 0 Å². The fourth-order valence-electron chi connectivity index (χ4n) is 7.78. The third kappa shape index (κ3) is 44.0. The summed E-state index contributed by atoms with van der Waals surface area (Å²) in [5.74, 6) is 0.853. The highest BCUT2D eigenvalue weighted by molar-refractivity contribution is 5.71.